The van der Waals surface area contributed by atoms with Crippen LogP contribution in [0.1, 0.15) is 12.5 Å². The quantitative estimate of drug-likeness (QED) is 0.592. The fraction of sp³-hybridized carbons (Fsp3) is 0.211. The largest absolute Gasteiger partial charge is 0.394 e. The predicted molar refractivity (Wildman–Crippen MR) is 99.1 cm³/mol. The zero-order valence-corrected chi connectivity index (χ0v) is 14.7. The van der Waals surface area contributed by atoms with Gasteiger partial charge in [0.15, 0.2) is 0 Å². The molecule has 6 nitrogen and oxygen atoms in total. The van der Waals surface area contributed by atoms with Gasteiger partial charge in [-0.05, 0) is 36.8 Å². The van der Waals surface area contributed by atoms with E-state index in [4.69, 9.17) is 0 Å². The number of aromatic nitrogens is 3. The van der Waals surface area contributed by atoms with Crippen molar-refractivity contribution in [2.75, 3.05) is 17.2 Å². The van der Waals surface area contributed by atoms with Crippen LogP contribution in [0.15, 0.2) is 48.8 Å². The highest BCUT2D eigenvalue weighted by Gasteiger charge is 2.10. The van der Waals surface area contributed by atoms with Crippen molar-refractivity contribution in [2.24, 2.45) is 0 Å². The van der Waals surface area contributed by atoms with Gasteiger partial charge in [0, 0.05) is 42.7 Å². The van der Waals surface area contributed by atoms with E-state index in [1.165, 1.54) is 12.1 Å². The van der Waals surface area contributed by atoms with Crippen LogP contribution in [0.5, 0.6) is 0 Å². The molecule has 3 aromatic rings. The molecule has 2 heterocycles. The molecule has 3 N–H and O–H groups in total. The van der Waals surface area contributed by atoms with Gasteiger partial charge in [0.2, 0.25) is 5.95 Å². The molecule has 0 saturated carbocycles. The molecular formula is C19H19F2N5O. The molecule has 0 saturated heterocycles. The SMILES string of the molecule is C[C@H](CO)Nc1nc(NCc2cc(F)cc(F)c2)cc(-c2ccncc2)n1. The van der Waals surface area contributed by atoms with Gasteiger partial charge >= 0.3 is 0 Å². The van der Waals surface area contributed by atoms with Crippen molar-refractivity contribution >= 4 is 11.8 Å². The fourth-order valence-corrected chi connectivity index (χ4v) is 2.44. The Morgan fingerprint density at radius 1 is 1.04 bits per heavy atom. The number of rotatable bonds is 7. The molecule has 8 heteroatoms. The molecule has 1 atom stereocenters. The molecule has 0 bridgehead atoms. The maximum Gasteiger partial charge on any atom is 0.225 e. The summed E-state index contributed by atoms with van der Waals surface area (Å²) < 4.78 is 26.7. The van der Waals surface area contributed by atoms with Crippen LogP contribution in [-0.2, 0) is 6.54 Å². The number of halogens is 2. The number of aliphatic hydroxyl groups is 1. The molecule has 0 fully saturated rings. The molecule has 1 aromatic carbocycles. The smallest absolute Gasteiger partial charge is 0.225 e. The van der Waals surface area contributed by atoms with Crippen LogP contribution in [0, 0.1) is 11.6 Å². The van der Waals surface area contributed by atoms with Crippen molar-refractivity contribution in [3.8, 4) is 11.3 Å². The molecule has 0 aliphatic carbocycles. The van der Waals surface area contributed by atoms with Crippen molar-refractivity contribution in [1.29, 1.82) is 0 Å². The summed E-state index contributed by atoms with van der Waals surface area (Å²) in [6, 6.07) is 8.47. The lowest BCUT2D eigenvalue weighted by Gasteiger charge is -2.14. The molecule has 0 radical (unpaired) electrons. The Balaban J connectivity index is 1.87. The van der Waals surface area contributed by atoms with Crippen LogP contribution in [0.4, 0.5) is 20.5 Å². The zero-order chi connectivity index (χ0) is 19.2. The molecule has 2 aromatic heterocycles. The van der Waals surface area contributed by atoms with Crippen molar-refractivity contribution in [1.82, 2.24) is 15.0 Å². The second kappa shape index (κ2) is 8.50. The zero-order valence-electron chi connectivity index (χ0n) is 14.7. The van der Waals surface area contributed by atoms with Gasteiger partial charge in [0.1, 0.15) is 17.5 Å². The summed E-state index contributed by atoms with van der Waals surface area (Å²) in [6.07, 6.45) is 3.31. The van der Waals surface area contributed by atoms with E-state index >= 15 is 0 Å². The summed E-state index contributed by atoms with van der Waals surface area (Å²) in [7, 11) is 0. The third-order valence-corrected chi connectivity index (χ3v) is 3.75. The average Bonchev–Trinajstić information content (AvgIpc) is 2.66. The van der Waals surface area contributed by atoms with Gasteiger partial charge in [0.25, 0.3) is 0 Å². The highest BCUT2D eigenvalue weighted by Crippen LogP contribution is 2.22. The van der Waals surface area contributed by atoms with Crippen molar-refractivity contribution in [3.05, 3.63) is 66.0 Å². The lowest BCUT2D eigenvalue weighted by atomic mass is 10.2. The van der Waals surface area contributed by atoms with E-state index in [2.05, 4.69) is 25.6 Å². The summed E-state index contributed by atoms with van der Waals surface area (Å²) >= 11 is 0. The van der Waals surface area contributed by atoms with Gasteiger partial charge in [-0.3, -0.25) is 4.98 Å². The number of nitrogens with one attached hydrogen (secondary N) is 2. The Kier molecular flexibility index (Phi) is 5.87. The monoisotopic (exact) mass is 371 g/mol. The Morgan fingerprint density at radius 2 is 1.74 bits per heavy atom. The number of anilines is 2. The maximum atomic E-state index is 13.4. The highest BCUT2D eigenvalue weighted by molar-refractivity contribution is 5.64. The van der Waals surface area contributed by atoms with Crippen molar-refractivity contribution in [3.63, 3.8) is 0 Å². The van der Waals surface area contributed by atoms with Crippen LogP contribution in [0.3, 0.4) is 0 Å². The summed E-state index contributed by atoms with van der Waals surface area (Å²) in [5, 5.41) is 15.3. The first-order valence-corrected chi connectivity index (χ1v) is 8.39. The highest BCUT2D eigenvalue weighted by atomic mass is 19.1. The number of pyridine rings is 1. The normalized spacial score (nSPS) is 11.9. The molecule has 0 unspecified atom stereocenters. The van der Waals surface area contributed by atoms with E-state index in [0.717, 1.165) is 11.6 Å². The van der Waals surface area contributed by atoms with Gasteiger partial charge in [-0.15, -0.1) is 0 Å². The Morgan fingerprint density at radius 3 is 2.41 bits per heavy atom. The summed E-state index contributed by atoms with van der Waals surface area (Å²) in [4.78, 5) is 12.8. The molecule has 3 rings (SSSR count). The first kappa shape index (κ1) is 18.7. The molecule has 0 spiro atoms. The van der Waals surface area contributed by atoms with Crippen LogP contribution >= 0.6 is 0 Å². The van der Waals surface area contributed by atoms with Gasteiger partial charge in [-0.1, -0.05) is 0 Å². The van der Waals surface area contributed by atoms with E-state index in [9.17, 15) is 13.9 Å². The predicted octanol–water partition coefficient (Wildman–Crippen LogP) is 3.22. The van der Waals surface area contributed by atoms with Gasteiger partial charge in [-0.25, -0.2) is 13.8 Å². The van der Waals surface area contributed by atoms with E-state index in [1.807, 2.05) is 12.1 Å². The number of aliphatic hydroxyl groups excluding tert-OH is 1. The van der Waals surface area contributed by atoms with Crippen LogP contribution in [-0.4, -0.2) is 32.7 Å². The third kappa shape index (κ3) is 5.18. The Labute approximate surface area is 155 Å². The minimum atomic E-state index is -0.633. The minimum Gasteiger partial charge on any atom is -0.394 e. The average molecular weight is 371 g/mol. The summed E-state index contributed by atoms with van der Waals surface area (Å²) in [5.74, 6) is -0.454. The Bertz CT molecular complexity index is 888. The summed E-state index contributed by atoms with van der Waals surface area (Å²) in [5.41, 5.74) is 1.94. The maximum absolute atomic E-state index is 13.4. The van der Waals surface area contributed by atoms with Crippen LogP contribution in [0.25, 0.3) is 11.3 Å². The van der Waals surface area contributed by atoms with Gasteiger partial charge < -0.3 is 15.7 Å². The fourth-order valence-electron chi connectivity index (χ4n) is 2.44. The number of benzene rings is 1. The standard InChI is InChI=1S/C19H19F2N5O/c1-12(11-27)24-19-25-17(14-2-4-22-5-3-14)9-18(26-19)23-10-13-6-15(20)8-16(21)7-13/h2-9,12,27H,10-11H2,1H3,(H2,23,24,25,26)/t12-/m1/s1. The van der Waals surface area contributed by atoms with E-state index < -0.39 is 11.6 Å². The Hall–Kier alpha value is -3.13. The molecule has 27 heavy (non-hydrogen) atoms. The van der Waals surface area contributed by atoms with Gasteiger partial charge in [0.05, 0.1) is 12.3 Å². The topological polar surface area (TPSA) is 83.0 Å². The minimum absolute atomic E-state index is 0.0752. The van der Waals surface area contributed by atoms with E-state index in [-0.39, 0.29) is 19.2 Å². The number of hydrogen-bond acceptors (Lipinski definition) is 6. The van der Waals surface area contributed by atoms with Crippen LogP contribution in [0.2, 0.25) is 0 Å². The second-order valence-electron chi connectivity index (χ2n) is 6.06. The number of nitrogens with zero attached hydrogens (tertiary/aromatic N) is 3. The lowest BCUT2D eigenvalue weighted by Crippen LogP contribution is -2.21. The molecule has 0 aliphatic heterocycles. The number of hydrogen-bond donors (Lipinski definition) is 3. The molecular weight excluding hydrogens is 352 g/mol. The first-order chi connectivity index (χ1) is 13.0. The van der Waals surface area contributed by atoms with E-state index in [0.29, 0.717) is 23.0 Å². The van der Waals surface area contributed by atoms with E-state index in [1.54, 1.807) is 25.4 Å². The second-order valence-corrected chi connectivity index (χ2v) is 6.06. The van der Waals surface area contributed by atoms with Crippen molar-refractivity contribution < 1.29 is 13.9 Å². The molecule has 0 aliphatic rings. The molecule has 140 valence electrons. The van der Waals surface area contributed by atoms with Crippen LogP contribution < -0.4 is 10.6 Å². The van der Waals surface area contributed by atoms with Crippen molar-refractivity contribution in [2.45, 2.75) is 19.5 Å². The third-order valence-electron chi connectivity index (χ3n) is 3.75. The molecule has 0 amide bonds. The summed E-state index contributed by atoms with van der Waals surface area (Å²) in [6.45, 7) is 1.91. The first-order valence-electron chi connectivity index (χ1n) is 8.39. The van der Waals surface area contributed by atoms with Gasteiger partial charge in [-0.2, -0.15) is 4.98 Å². The lowest BCUT2D eigenvalue weighted by molar-refractivity contribution is 0.281.